The second kappa shape index (κ2) is 6.92. The normalized spacial score (nSPS) is 15.7. The zero-order valence-electron chi connectivity index (χ0n) is 13.1. The molecule has 0 aromatic heterocycles. The molecule has 1 aliphatic rings. The summed E-state index contributed by atoms with van der Waals surface area (Å²) in [6, 6.07) is 1.23. The lowest BCUT2D eigenvalue weighted by Gasteiger charge is -2.34. The van der Waals surface area contributed by atoms with Crippen molar-refractivity contribution >= 4 is 17.7 Å². The van der Waals surface area contributed by atoms with Crippen molar-refractivity contribution in [3.63, 3.8) is 0 Å². The van der Waals surface area contributed by atoms with E-state index in [1.165, 1.54) is 13.2 Å². The van der Waals surface area contributed by atoms with E-state index in [0.29, 0.717) is 29.9 Å². The first-order valence-corrected chi connectivity index (χ1v) is 7.43. The van der Waals surface area contributed by atoms with E-state index in [1.54, 1.807) is 13.0 Å². The van der Waals surface area contributed by atoms with Crippen LogP contribution in [0.5, 0.6) is 0 Å². The number of anilines is 1. The highest BCUT2D eigenvalue weighted by Gasteiger charge is 2.25. The van der Waals surface area contributed by atoms with Gasteiger partial charge in [-0.1, -0.05) is 12.7 Å². The van der Waals surface area contributed by atoms with Crippen molar-refractivity contribution in [1.82, 2.24) is 0 Å². The highest BCUT2D eigenvalue weighted by molar-refractivity contribution is 5.95. The van der Waals surface area contributed by atoms with Crippen molar-refractivity contribution in [1.29, 1.82) is 0 Å². The second-order valence-corrected chi connectivity index (χ2v) is 5.60. The average Bonchev–Trinajstić information content (AvgIpc) is 2.54. The fourth-order valence-corrected chi connectivity index (χ4v) is 3.05. The Morgan fingerprint density at radius 1 is 1.55 bits per heavy atom. The van der Waals surface area contributed by atoms with E-state index in [0.717, 1.165) is 12.8 Å². The van der Waals surface area contributed by atoms with E-state index in [1.807, 2.05) is 4.90 Å². The number of halogens is 1. The number of carbonyl (C=O) groups is 1. The van der Waals surface area contributed by atoms with Crippen molar-refractivity contribution in [2.75, 3.05) is 31.7 Å². The van der Waals surface area contributed by atoms with Crippen LogP contribution < -0.4 is 4.90 Å². The molecule has 0 radical (unpaired) electrons. The van der Waals surface area contributed by atoms with Crippen molar-refractivity contribution in [3.8, 4) is 0 Å². The van der Waals surface area contributed by atoms with Crippen LogP contribution in [0, 0.1) is 18.7 Å². The number of hydrogen-bond donors (Lipinski definition) is 1. The highest BCUT2D eigenvalue weighted by atomic mass is 19.1. The molecule has 0 amide bonds. The minimum absolute atomic E-state index is 0.175. The van der Waals surface area contributed by atoms with Crippen molar-refractivity contribution in [3.05, 3.63) is 35.2 Å². The Morgan fingerprint density at radius 3 is 2.68 bits per heavy atom. The molecule has 1 aromatic carbocycles. The van der Waals surface area contributed by atoms with Gasteiger partial charge in [0.05, 0.1) is 18.4 Å². The third kappa shape index (κ3) is 2.99. The number of ether oxygens (including phenoxy) is 1. The van der Waals surface area contributed by atoms with Gasteiger partial charge >= 0.3 is 5.97 Å². The molecular weight excluding hydrogens is 285 g/mol. The fraction of sp³-hybridized carbons (Fsp3) is 0.471. The molecule has 4 nitrogen and oxygen atoms in total. The van der Waals surface area contributed by atoms with E-state index >= 15 is 0 Å². The molecule has 1 aromatic rings. The largest absolute Gasteiger partial charge is 0.465 e. The number of hydrogen-bond acceptors (Lipinski definition) is 4. The van der Waals surface area contributed by atoms with Crippen LogP contribution in [0.2, 0.25) is 0 Å². The quantitative estimate of drug-likeness (QED) is 0.869. The third-order valence-corrected chi connectivity index (χ3v) is 4.35. The van der Waals surface area contributed by atoms with Crippen LogP contribution in [0.15, 0.2) is 12.6 Å². The van der Waals surface area contributed by atoms with E-state index in [-0.39, 0.29) is 18.1 Å². The Hall–Kier alpha value is -1.88. The Bertz CT molecular complexity index is 578. The van der Waals surface area contributed by atoms with Crippen LogP contribution in [-0.2, 0) is 4.74 Å². The first-order valence-electron chi connectivity index (χ1n) is 7.43. The monoisotopic (exact) mass is 307 g/mol. The molecule has 1 heterocycles. The Balaban J connectivity index is 2.41. The standard InChI is InChI=1S/C17H22FNO3/c1-4-13-11(2)16(15(18)9-14(13)17(21)22-3)19-7-5-12(10-20)6-8-19/h4,9,12,20H,1,5-8,10H2,2-3H3. The van der Waals surface area contributed by atoms with Crippen molar-refractivity contribution in [2.24, 2.45) is 5.92 Å². The predicted molar refractivity (Wildman–Crippen MR) is 84.6 cm³/mol. The summed E-state index contributed by atoms with van der Waals surface area (Å²) in [6.07, 6.45) is 3.22. The number of carbonyl (C=O) groups excluding carboxylic acids is 1. The summed E-state index contributed by atoms with van der Waals surface area (Å²) in [4.78, 5) is 13.8. The summed E-state index contributed by atoms with van der Waals surface area (Å²) in [5.74, 6) is -0.707. The lowest BCUT2D eigenvalue weighted by molar-refractivity contribution is 0.0600. The SMILES string of the molecule is C=Cc1c(C(=O)OC)cc(F)c(N2CCC(CO)CC2)c1C. The number of nitrogens with zero attached hydrogens (tertiary/aromatic N) is 1. The maximum atomic E-state index is 14.6. The fourth-order valence-electron chi connectivity index (χ4n) is 3.05. The van der Waals surface area contributed by atoms with E-state index in [2.05, 4.69) is 6.58 Å². The molecule has 0 saturated carbocycles. The number of aliphatic hydroxyl groups is 1. The van der Waals surface area contributed by atoms with Gasteiger partial charge in [-0.05, 0) is 42.9 Å². The Labute approximate surface area is 130 Å². The number of aliphatic hydroxyl groups excluding tert-OH is 1. The van der Waals surface area contributed by atoms with Gasteiger partial charge in [0.25, 0.3) is 0 Å². The van der Waals surface area contributed by atoms with Crippen LogP contribution in [-0.4, -0.2) is 37.9 Å². The van der Waals surface area contributed by atoms with Gasteiger partial charge in [0, 0.05) is 19.7 Å². The summed E-state index contributed by atoms with van der Waals surface area (Å²) in [5.41, 5.74) is 2.01. The first kappa shape index (κ1) is 16.5. The minimum Gasteiger partial charge on any atom is -0.465 e. The van der Waals surface area contributed by atoms with Gasteiger partial charge in [0.1, 0.15) is 5.82 Å². The smallest absolute Gasteiger partial charge is 0.338 e. The lowest BCUT2D eigenvalue weighted by Crippen LogP contribution is -2.36. The molecule has 120 valence electrons. The molecule has 5 heteroatoms. The van der Waals surface area contributed by atoms with Crippen molar-refractivity contribution in [2.45, 2.75) is 19.8 Å². The summed E-state index contributed by atoms with van der Waals surface area (Å²) < 4.78 is 19.3. The maximum Gasteiger partial charge on any atom is 0.338 e. The highest BCUT2D eigenvalue weighted by Crippen LogP contribution is 2.33. The molecule has 0 spiro atoms. The number of piperidine rings is 1. The molecule has 1 N–H and O–H groups in total. The van der Waals surface area contributed by atoms with Crippen molar-refractivity contribution < 1.29 is 19.0 Å². The van der Waals surface area contributed by atoms with E-state index in [4.69, 9.17) is 4.74 Å². The lowest BCUT2D eigenvalue weighted by atomic mass is 9.94. The molecule has 0 unspecified atom stereocenters. The molecular formula is C17H22FNO3. The Kier molecular flexibility index (Phi) is 5.19. The van der Waals surface area contributed by atoms with E-state index < -0.39 is 11.8 Å². The number of esters is 1. The van der Waals surface area contributed by atoms with Gasteiger partial charge in [0.15, 0.2) is 0 Å². The van der Waals surface area contributed by atoms with Crippen LogP contribution in [0.3, 0.4) is 0 Å². The molecule has 1 fully saturated rings. The van der Waals surface area contributed by atoms with Gasteiger partial charge in [-0.15, -0.1) is 0 Å². The number of rotatable bonds is 4. The van der Waals surface area contributed by atoms with E-state index in [9.17, 15) is 14.3 Å². The molecule has 2 rings (SSSR count). The average molecular weight is 307 g/mol. The predicted octanol–water partition coefficient (Wildman–Crippen LogP) is 2.77. The zero-order chi connectivity index (χ0) is 16.3. The second-order valence-electron chi connectivity index (χ2n) is 5.60. The Morgan fingerprint density at radius 2 is 2.18 bits per heavy atom. The molecule has 1 saturated heterocycles. The summed E-state index contributed by atoms with van der Waals surface area (Å²) >= 11 is 0. The minimum atomic E-state index is -0.567. The summed E-state index contributed by atoms with van der Waals surface area (Å²) in [5, 5.41) is 9.21. The molecule has 22 heavy (non-hydrogen) atoms. The molecule has 0 bridgehead atoms. The van der Waals surface area contributed by atoms with Crippen LogP contribution in [0.1, 0.15) is 34.3 Å². The molecule has 0 atom stereocenters. The van der Waals surface area contributed by atoms with Crippen LogP contribution in [0.25, 0.3) is 6.08 Å². The topological polar surface area (TPSA) is 49.8 Å². The number of benzene rings is 1. The van der Waals surface area contributed by atoms with Gasteiger partial charge in [0.2, 0.25) is 0 Å². The third-order valence-electron chi connectivity index (χ3n) is 4.35. The van der Waals surface area contributed by atoms with Crippen LogP contribution in [0.4, 0.5) is 10.1 Å². The first-order chi connectivity index (χ1) is 10.5. The number of methoxy groups -OCH3 is 1. The van der Waals surface area contributed by atoms with Crippen LogP contribution >= 0.6 is 0 Å². The van der Waals surface area contributed by atoms with Gasteiger partial charge in [-0.3, -0.25) is 0 Å². The molecule has 1 aliphatic heterocycles. The molecule has 0 aliphatic carbocycles. The summed E-state index contributed by atoms with van der Waals surface area (Å²) in [6.45, 7) is 7.08. The van der Waals surface area contributed by atoms with Gasteiger partial charge in [-0.25, -0.2) is 9.18 Å². The summed E-state index contributed by atoms with van der Waals surface area (Å²) in [7, 11) is 1.27. The zero-order valence-corrected chi connectivity index (χ0v) is 13.1. The maximum absolute atomic E-state index is 14.6. The van der Waals surface area contributed by atoms with Gasteiger partial charge < -0.3 is 14.7 Å². The van der Waals surface area contributed by atoms with Gasteiger partial charge in [-0.2, -0.15) is 0 Å².